The molecule has 0 aromatic carbocycles. The van der Waals surface area contributed by atoms with E-state index in [2.05, 4.69) is 17.9 Å². The Hall–Kier alpha value is -0.550. The molecule has 0 amide bonds. The van der Waals surface area contributed by atoms with Crippen LogP contribution in [-0.2, 0) is 0 Å². The highest BCUT2D eigenvalue weighted by Crippen LogP contribution is 2.34. The molecular weight excluding hydrogens is 184 g/mol. The largest absolute Gasteiger partial charge is 0.296 e. The zero-order chi connectivity index (χ0) is 10.7. The third-order valence-electron chi connectivity index (χ3n) is 4.23. The van der Waals surface area contributed by atoms with E-state index in [0.29, 0.717) is 12.0 Å². The third kappa shape index (κ3) is 2.18. The fourth-order valence-electron chi connectivity index (χ4n) is 3.49. The molecule has 0 heterocycles. The first-order valence-electron chi connectivity index (χ1n) is 6.52. The van der Waals surface area contributed by atoms with Gasteiger partial charge >= 0.3 is 0 Å². The lowest BCUT2D eigenvalue weighted by Gasteiger charge is -2.34. The van der Waals surface area contributed by atoms with Crippen LogP contribution in [0, 0.1) is 17.2 Å². The summed E-state index contributed by atoms with van der Waals surface area (Å²) in [6.07, 6.45) is 9.15. The van der Waals surface area contributed by atoms with Crippen LogP contribution in [0.2, 0.25) is 0 Å². The predicted molar refractivity (Wildman–Crippen MR) is 61.4 cm³/mol. The van der Waals surface area contributed by atoms with Gasteiger partial charge in [-0.25, -0.2) is 0 Å². The molecule has 2 nitrogen and oxygen atoms in total. The van der Waals surface area contributed by atoms with Crippen LogP contribution in [0.3, 0.4) is 0 Å². The number of nitriles is 1. The Labute approximate surface area is 93.3 Å². The smallest absolute Gasteiger partial charge is 0.0672 e. The van der Waals surface area contributed by atoms with Gasteiger partial charge in [0.2, 0.25) is 0 Å². The first kappa shape index (κ1) is 11.0. The van der Waals surface area contributed by atoms with Gasteiger partial charge in [-0.15, -0.1) is 0 Å². The number of nitrogens with zero attached hydrogens (tertiary/aromatic N) is 2. The molecule has 2 saturated carbocycles. The fraction of sp³-hybridized carbons (Fsp3) is 0.923. The molecule has 0 aromatic rings. The zero-order valence-corrected chi connectivity index (χ0v) is 9.78. The predicted octanol–water partition coefficient (Wildman–Crippen LogP) is 2.94. The second-order valence-electron chi connectivity index (χ2n) is 5.00. The minimum Gasteiger partial charge on any atom is -0.296 e. The van der Waals surface area contributed by atoms with Gasteiger partial charge in [0.1, 0.15) is 0 Å². The minimum atomic E-state index is 0.311. The van der Waals surface area contributed by atoms with Crippen LogP contribution in [0.25, 0.3) is 0 Å². The Morgan fingerprint density at radius 1 is 1.13 bits per heavy atom. The van der Waals surface area contributed by atoms with Crippen LogP contribution in [0.15, 0.2) is 0 Å². The SMILES string of the molecule is CCN(C1CCCC1)C1CCCC1C#N. The number of hydrogen-bond donors (Lipinski definition) is 0. The van der Waals surface area contributed by atoms with E-state index in [9.17, 15) is 0 Å². The highest BCUT2D eigenvalue weighted by Gasteiger charge is 2.35. The van der Waals surface area contributed by atoms with Gasteiger partial charge in [-0.3, -0.25) is 4.90 Å². The van der Waals surface area contributed by atoms with Crippen LogP contribution < -0.4 is 0 Å². The van der Waals surface area contributed by atoms with Crippen molar-refractivity contribution in [2.75, 3.05) is 6.54 Å². The van der Waals surface area contributed by atoms with Crippen molar-refractivity contribution in [2.45, 2.75) is 64.0 Å². The molecule has 2 heteroatoms. The van der Waals surface area contributed by atoms with Gasteiger partial charge in [0.25, 0.3) is 0 Å². The number of rotatable bonds is 3. The van der Waals surface area contributed by atoms with Crippen LogP contribution in [0.4, 0.5) is 0 Å². The van der Waals surface area contributed by atoms with Gasteiger partial charge in [-0.2, -0.15) is 5.26 Å². The van der Waals surface area contributed by atoms with Crippen LogP contribution in [-0.4, -0.2) is 23.5 Å². The molecule has 2 aliphatic rings. The zero-order valence-electron chi connectivity index (χ0n) is 9.78. The maximum absolute atomic E-state index is 9.15. The maximum Gasteiger partial charge on any atom is 0.0672 e. The first-order chi connectivity index (χ1) is 7.36. The monoisotopic (exact) mass is 206 g/mol. The Morgan fingerprint density at radius 3 is 2.47 bits per heavy atom. The molecule has 2 aliphatic carbocycles. The molecule has 0 saturated heterocycles. The lowest BCUT2D eigenvalue weighted by atomic mass is 10.0. The highest BCUT2D eigenvalue weighted by molar-refractivity contribution is 4.99. The fourth-order valence-corrected chi connectivity index (χ4v) is 3.49. The molecule has 2 fully saturated rings. The summed E-state index contributed by atoms with van der Waals surface area (Å²) in [5, 5.41) is 9.15. The first-order valence-corrected chi connectivity index (χ1v) is 6.52. The van der Waals surface area contributed by atoms with Gasteiger partial charge in [-0.1, -0.05) is 26.2 Å². The van der Waals surface area contributed by atoms with E-state index in [1.807, 2.05) is 0 Å². The van der Waals surface area contributed by atoms with Gasteiger partial charge in [0, 0.05) is 12.1 Å². The quantitative estimate of drug-likeness (QED) is 0.710. The summed E-state index contributed by atoms with van der Waals surface area (Å²) in [6, 6.07) is 3.87. The van der Waals surface area contributed by atoms with E-state index in [1.54, 1.807) is 0 Å². The molecule has 0 spiro atoms. The van der Waals surface area contributed by atoms with Crippen LogP contribution in [0.5, 0.6) is 0 Å². The summed E-state index contributed by atoms with van der Waals surface area (Å²) >= 11 is 0. The summed E-state index contributed by atoms with van der Waals surface area (Å²) in [5.74, 6) is 0.311. The normalized spacial score (nSPS) is 32.3. The van der Waals surface area contributed by atoms with Gasteiger partial charge < -0.3 is 0 Å². The lowest BCUT2D eigenvalue weighted by Crippen LogP contribution is -2.43. The highest BCUT2D eigenvalue weighted by atomic mass is 15.2. The molecule has 0 N–H and O–H groups in total. The van der Waals surface area contributed by atoms with E-state index in [0.717, 1.165) is 19.0 Å². The van der Waals surface area contributed by atoms with Crippen molar-refractivity contribution in [3.8, 4) is 6.07 Å². The molecule has 2 unspecified atom stereocenters. The molecule has 0 radical (unpaired) electrons. The molecule has 2 atom stereocenters. The van der Waals surface area contributed by atoms with Crippen LogP contribution >= 0.6 is 0 Å². The summed E-state index contributed by atoms with van der Waals surface area (Å²) in [6.45, 7) is 3.39. The Bertz CT molecular complexity index is 237. The summed E-state index contributed by atoms with van der Waals surface area (Å²) in [5.41, 5.74) is 0. The molecular formula is C13H22N2. The lowest BCUT2D eigenvalue weighted by molar-refractivity contribution is 0.129. The van der Waals surface area contributed by atoms with Gasteiger partial charge in [0.05, 0.1) is 12.0 Å². The molecule has 84 valence electrons. The van der Waals surface area contributed by atoms with E-state index >= 15 is 0 Å². The molecule has 0 aliphatic heterocycles. The maximum atomic E-state index is 9.15. The second kappa shape index (κ2) is 4.99. The van der Waals surface area contributed by atoms with Crippen molar-refractivity contribution < 1.29 is 0 Å². The Balaban J connectivity index is 2.02. The average molecular weight is 206 g/mol. The summed E-state index contributed by atoms with van der Waals surface area (Å²) in [4.78, 5) is 2.63. The Morgan fingerprint density at radius 2 is 1.87 bits per heavy atom. The van der Waals surface area contributed by atoms with Crippen molar-refractivity contribution in [1.82, 2.24) is 4.90 Å². The van der Waals surface area contributed by atoms with E-state index in [-0.39, 0.29) is 0 Å². The summed E-state index contributed by atoms with van der Waals surface area (Å²) in [7, 11) is 0. The third-order valence-corrected chi connectivity index (χ3v) is 4.23. The topological polar surface area (TPSA) is 27.0 Å². The average Bonchev–Trinajstić information content (AvgIpc) is 2.89. The molecule has 2 rings (SSSR count). The van der Waals surface area contributed by atoms with Crippen molar-refractivity contribution in [3.63, 3.8) is 0 Å². The van der Waals surface area contributed by atoms with Gasteiger partial charge in [-0.05, 0) is 32.2 Å². The minimum absolute atomic E-state index is 0.311. The standard InChI is InChI=1S/C13H22N2/c1-2-15(12-7-3-4-8-12)13-9-5-6-11(13)10-14/h11-13H,2-9H2,1H3. The Kier molecular flexibility index (Phi) is 3.64. The molecule has 15 heavy (non-hydrogen) atoms. The van der Waals surface area contributed by atoms with E-state index < -0.39 is 0 Å². The van der Waals surface area contributed by atoms with Crippen molar-refractivity contribution in [3.05, 3.63) is 0 Å². The van der Waals surface area contributed by atoms with Crippen molar-refractivity contribution in [1.29, 1.82) is 5.26 Å². The summed E-state index contributed by atoms with van der Waals surface area (Å²) < 4.78 is 0. The van der Waals surface area contributed by atoms with Crippen molar-refractivity contribution >= 4 is 0 Å². The van der Waals surface area contributed by atoms with Crippen LogP contribution in [0.1, 0.15) is 51.9 Å². The van der Waals surface area contributed by atoms with Crippen molar-refractivity contribution in [2.24, 2.45) is 5.92 Å². The van der Waals surface area contributed by atoms with E-state index in [4.69, 9.17) is 5.26 Å². The molecule has 0 aromatic heterocycles. The van der Waals surface area contributed by atoms with E-state index in [1.165, 1.54) is 38.5 Å². The molecule has 0 bridgehead atoms. The second-order valence-corrected chi connectivity index (χ2v) is 5.00. The number of hydrogen-bond acceptors (Lipinski definition) is 2. The van der Waals surface area contributed by atoms with Gasteiger partial charge in [0.15, 0.2) is 0 Å².